The average Bonchev–Trinajstić information content (AvgIpc) is 2.60. The lowest BCUT2D eigenvalue weighted by atomic mass is 10.3. The molecule has 1 aromatic heterocycles. The van der Waals surface area contributed by atoms with Crippen LogP contribution in [0, 0.1) is 0 Å². The Labute approximate surface area is 96.9 Å². The fourth-order valence-corrected chi connectivity index (χ4v) is 2.72. The molecule has 4 nitrogen and oxygen atoms in total. The molecule has 1 aromatic rings. The van der Waals surface area contributed by atoms with Crippen LogP contribution in [0.1, 0.15) is 28.8 Å². The molecule has 1 heterocycles. The third-order valence-corrected chi connectivity index (χ3v) is 3.61. The number of aromatic carboxylic acids is 1. The average molecular weight is 246 g/mol. The first-order valence-electron chi connectivity index (χ1n) is 4.60. The van der Waals surface area contributed by atoms with Crippen molar-refractivity contribution in [2.45, 2.75) is 25.1 Å². The van der Waals surface area contributed by atoms with Crippen LogP contribution in [0.4, 0.5) is 0 Å². The van der Waals surface area contributed by atoms with Crippen LogP contribution in [-0.4, -0.2) is 27.9 Å². The molecule has 1 unspecified atom stereocenters. The van der Waals surface area contributed by atoms with E-state index in [1.807, 2.05) is 6.92 Å². The Morgan fingerprint density at radius 3 is 3.07 bits per heavy atom. The zero-order chi connectivity index (χ0) is 11.3. The summed E-state index contributed by atoms with van der Waals surface area (Å²) < 4.78 is 0. The molecule has 0 aliphatic heterocycles. The first kappa shape index (κ1) is 12.5. The molecule has 1 atom stereocenters. The number of thioether (sulfide) groups is 1. The Hall–Kier alpha value is -0.590. The zero-order valence-corrected chi connectivity index (χ0v) is 10.1. The highest BCUT2D eigenvalue weighted by Gasteiger charge is 2.08. The van der Waals surface area contributed by atoms with Crippen LogP contribution >= 0.6 is 23.1 Å². The van der Waals surface area contributed by atoms with Gasteiger partial charge in [0.05, 0.1) is 5.69 Å². The van der Waals surface area contributed by atoms with Crippen molar-refractivity contribution in [2.24, 2.45) is 5.73 Å². The topological polar surface area (TPSA) is 76.2 Å². The minimum Gasteiger partial charge on any atom is -0.476 e. The predicted octanol–water partition coefficient (Wildman–Crippen LogP) is 1.81. The van der Waals surface area contributed by atoms with Gasteiger partial charge in [-0.3, -0.25) is 0 Å². The molecule has 6 heteroatoms. The zero-order valence-electron chi connectivity index (χ0n) is 8.47. The van der Waals surface area contributed by atoms with E-state index in [1.54, 1.807) is 17.1 Å². The van der Waals surface area contributed by atoms with Crippen molar-refractivity contribution in [1.29, 1.82) is 0 Å². The van der Waals surface area contributed by atoms with E-state index < -0.39 is 5.97 Å². The summed E-state index contributed by atoms with van der Waals surface area (Å²) in [5.74, 6) is 0.792. The maximum atomic E-state index is 10.6. The summed E-state index contributed by atoms with van der Waals surface area (Å²) in [4.78, 5) is 14.6. The number of carboxylic acids is 1. The first-order chi connectivity index (χ1) is 7.09. The quantitative estimate of drug-likeness (QED) is 0.749. The van der Waals surface area contributed by atoms with E-state index >= 15 is 0 Å². The molecule has 0 amide bonds. The number of carbonyl (C=O) groups is 1. The van der Waals surface area contributed by atoms with E-state index in [1.165, 1.54) is 11.3 Å². The molecule has 0 aliphatic rings. The summed E-state index contributed by atoms with van der Waals surface area (Å²) in [6.45, 7) is 1.98. The summed E-state index contributed by atoms with van der Waals surface area (Å²) in [7, 11) is 0. The van der Waals surface area contributed by atoms with Crippen molar-refractivity contribution in [3.8, 4) is 0 Å². The Balaban J connectivity index is 2.29. The Bertz CT molecular complexity index is 326. The summed E-state index contributed by atoms with van der Waals surface area (Å²) in [5, 5.41) is 10.6. The fourth-order valence-electron chi connectivity index (χ4n) is 0.917. The highest BCUT2D eigenvalue weighted by Crippen LogP contribution is 2.16. The molecule has 3 N–H and O–H groups in total. The number of thiazole rings is 1. The second kappa shape index (κ2) is 6.09. The number of carboxylic acid groups (broad SMARTS) is 1. The molecule has 0 radical (unpaired) electrons. The minimum atomic E-state index is -0.952. The molecule has 0 bridgehead atoms. The molecule has 0 saturated carbocycles. The maximum absolute atomic E-state index is 10.6. The van der Waals surface area contributed by atoms with Crippen molar-refractivity contribution in [2.75, 3.05) is 5.75 Å². The smallest absolute Gasteiger partial charge is 0.365 e. The second-order valence-electron chi connectivity index (χ2n) is 3.27. The third kappa shape index (κ3) is 4.63. The molecular weight excluding hydrogens is 232 g/mol. The van der Waals surface area contributed by atoms with E-state index in [9.17, 15) is 4.79 Å². The van der Waals surface area contributed by atoms with E-state index in [0.717, 1.165) is 23.6 Å². The van der Waals surface area contributed by atoms with Crippen LogP contribution in [0.3, 0.4) is 0 Å². The lowest BCUT2D eigenvalue weighted by molar-refractivity contribution is 0.0696. The molecule has 0 saturated heterocycles. The number of hydrogen-bond acceptors (Lipinski definition) is 5. The molecule has 0 aliphatic carbocycles. The van der Waals surface area contributed by atoms with Gasteiger partial charge in [-0.05, 0) is 19.1 Å². The molecule has 84 valence electrons. The van der Waals surface area contributed by atoms with Gasteiger partial charge in [0, 0.05) is 17.2 Å². The molecular formula is C9H14N2O2S2. The van der Waals surface area contributed by atoms with E-state index in [-0.39, 0.29) is 11.0 Å². The highest BCUT2D eigenvalue weighted by atomic mass is 32.2. The van der Waals surface area contributed by atoms with E-state index in [0.29, 0.717) is 0 Å². The molecule has 15 heavy (non-hydrogen) atoms. The van der Waals surface area contributed by atoms with Gasteiger partial charge in [-0.1, -0.05) is 0 Å². The number of rotatable bonds is 6. The summed E-state index contributed by atoms with van der Waals surface area (Å²) in [5.41, 5.74) is 6.45. The highest BCUT2D eigenvalue weighted by molar-refractivity contribution is 7.98. The van der Waals surface area contributed by atoms with Gasteiger partial charge in [-0.25, -0.2) is 9.78 Å². The standard InChI is InChI=1S/C9H14N2O2S2/c1-6(10)2-3-14-4-7-5-15-8(11-7)9(12)13/h5-6H,2-4,10H2,1H3,(H,12,13). The van der Waals surface area contributed by atoms with Crippen LogP contribution < -0.4 is 5.73 Å². The molecule has 0 spiro atoms. The SMILES string of the molecule is CC(N)CCSCc1csc(C(=O)O)n1. The summed E-state index contributed by atoms with van der Waals surface area (Å²) in [6.07, 6.45) is 0.973. The van der Waals surface area contributed by atoms with Gasteiger partial charge < -0.3 is 10.8 Å². The van der Waals surface area contributed by atoms with Crippen molar-refractivity contribution < 1.29 is 9.90 Å². The lowest BCUT2D eigenvalue weighted by Gasteiger charge is -2.02. The normalized spacial score (nSPS) is 12.7. The van der Waals surface area contributed by atoms with Gasteiger partial charge >= 0.3 is 5.97 Å². The number of aromatic nitrogens is 1. The van der Waals surface area contributed by atoms with Crippen molar-refractivity contribution in [3.63, 3.8) is 0 Å². The van der Waals surface area contributed by atoms with Gasteiger partial charge in [0.15, 0.2) is 0 Å². The predicted molar refractivity (Wildman–Crippen MR) is 63.5 cm³/mol. The van der Waals surface area contributed by atoms with Gasteiger partial charge in [-0.15, -0.1) is 11.3 Å². The van der Waals surface area contributed by atoms with Crippen LogP contribution in [0.2, 0.25) is 0 Å². The Morgan fingerprint density at radius 2 is 2.53 bits per heavy atom. The summed E-state index contributed by atoms with van der Waals surface area (Å²) in [6, 6.07) is 0.225. The van der Waals surface area contributed by atoms with Crippen molar-refractivity contribution in [3.05, 3.63) is 16.1 Å². The minimum absolute atomic E-state index is 0.165. The van der Waals surface area contributed by atoms with Crippen LogP contribution in [0.25, 0.3) is 0 Å². The number of hydrogen-bond donors (Lipinski definition) is 2. The number of nitrogens with zero attached hydrogens (tertiary/aromatic N) is 1. The van der Waals surface area contributed by atoms with Crippen LogP contribution in [0.5, 0.6) is 0 Å². The van der Waals surface area contributed by atoms with Gasteiger partial charge in [0.2, 0.25) is 5.01 Å². The lowest BCUT2D eigenvalue weighted by Crippen LogP contribution is -2.15. The van der Waals surface area contributed by atoms with Crippen molar-refractivity contribution in [1.82, 2.24) is 4.98 Å². The Kier molecular flexibility index (Phi) is 5.07. The summed E-state index contributed by atoms with van der Waals surface area (Å²) >= 11 is 2.90. The molecule has 0 fully saturated rings. The number of nitrogens with two attached hydrogens (primary N) is 1. The van der Waals surface area contributed by atoms with E-state index in [2.05, 4.69) is 4.98 Å². The van der Waals surface area contributed by atoms with Crippen LogP contribution in [-0.2, 0) is 5.75 Å². The van der Waals surface area contributed by atoms with Gasteiger partial charge in [0.25, 0.3) is 0 Å². The third-order valence-electron chi connectivity index (χ3n) is 1.70. The van der Waals surface area contributed by atoms with Gasteiger partial charge in [0.1, 0.15) is 0 Å². The Morgan fingerprint density at radius 1 is 1.80 bits per heavy atom. The van der Waals surface area contributed by atoms with Crippen molar-refractivity contribution >= 4 is 29.1 Å². The molecule has 1 rings (SSSR count). The first-order valence-corrected chi connectivity index (χ1v) is 6.64. The van der Waals surface area contributed by atoms with E-state index in [4.69, 9.17) is 10.8 Å². The monoisotopic (exact) mass is 246 g/mol. The van der Waals surface area contributed by atoms with Crippen LogP contribution in [0.15, 0.2) is 5.38 Å². The fraction of sp³-hybridized carbons (Fsp3) is 0.556. The van der Waals surface area contributed by atoms with Gasteiger partial charge in [-0.2, -0.15) is 11.8 Å². The molecule has 0 aromatic carbocycles. The maximum Gasteiger partial charge on any atom is 0.365 e. The largest absolute Gasteiger partial charge is 0.476 e. The second-order valence-corrected chi connectivity index (χ2v) is 5.23.